The maximum atomic E-state index is 12.4. The van der Waals surface area contributed by atoms with Crippen molar-refractivity contribution >= 4 is 17.3 Å². The van der Waals surface area contributed by atoms with Gasteiger partial charge in [0.05, 0.1) is 0 Å². The van der Waals surface area contributed by atoms with Gasteiger partial charge in [-0.15, -0.1) is 0 Å². The molecule has 0 heterocycles. The standard InChI is InChI=1S/C18H22N2O2/c1-4-16(22-17-8-6-5-7-13(17)3)18(21)20-15-11-14(19)10-9-12(15)2/h5-11,16H,4,19H2,1-3H3,(H,20,21). The highest BCUT2D eigenvalue weighted by Crippen LogP contribution is 2.21. The number of aryl methyl sites for hydroxylation is 2. The molecule has 2 aromatic rings. The Kier molecular flexibility index (Phi) is 5.04. The second-order valence-electron chi connectivity index (χ2n) is 5.34. The zero-order chi connectivity index (χ0) is 16.1. The Hall–Kier alpha value is -2.49. The second-order valence-corrected chi connectivity index (χ2v) is 5.34. The summed E-state index contributed by atoms with van der Waals surface area (Å²) in [5, 5.41) is 2.90. The molecule has 116 valence electrons. The van der Waals surface area contributed by atoms with E-state index in [1.54, 1.807) is 6.07 Å². The van der Waals surface area contributed by atoms with Crippen LogP contribution in [0.3, 0.4) is 0 Å². The molecule has 3 N–H and O–H groups in total. The lowest BCUT2D eigenvalue weighted by Gasteiger charge is -2.19. The molecular weight excluding hydrogens is 276 g/mol. The molecule has 1 atom stereocenters. The van der Waals surface area contributed by atoms with Crippen molar-refractivity contribution in [1.82, 2.24) is 0 Å². The lowest BCUT2D eigenvalue weighted by atomic mass is 10.1. The number of hydrogen-bond donors (Lipinski definition) is 2. The molecule has 0 saturated heterocycles. The summed E-state index contributed by atoms with van der Waals surface area (Å²) >= 11 is 0. The predicted molar refractivity (Wildman–Crippen MR) is 90.1 cm³/mol. The molecule has 0 fully saturated rings. The predicted octanol–water partition coefficient (Wildman–Crippen LogP) is 3.68. The summed E-state index contributed by atoms with van der Waals surface area (Å²) in [6.07, 6.45) is 0.0450. The van der Waals surface area contributed by atoms with E-state index >= 15 is 0 Å². The molecule has 0 saturated carbocycles. The number of anilines is 2. The van der Waals surface area contributed by atoms with Gasteiger partial charge in [0.25, 0.3) is 5.91 Å². The number of amides is 1. The van der Waals surface area contributed by atoms with Gasteiger partial charge in [0, 0.05) is 11.4 Å². The number of nitrogen functional groups attached to an aromatic ring is 1. The maximum Gasteiger partial charge on any atom is 0.265 e. The van der Waals surface area contributed by atoms with Crippen LogP contribution in [-0.2, 0) is 4.79 Å². The van der Waals surface area contributed by atoms with Gasteiger partial charge in [0.1, 0.15) is 5.75 Å². The van der Waals surface area contributed by atoms with Crippen molar-refractivity contribution in [2.24, 2.45) is 0 Å². The van der Waals surface area contributed by atoms with Gasteiger partial charge in [0.2, 0.25) is 0 Å². The van der Waals surface area contributed by atoms with Crippen LogP contribution in [0.4, 0.5) is 11.4 Å². The molecule has 1 amide bonds. The number of carbonyl (C=O) groups excluding carboxylic acids is 1. The third-order valence-electron chi connectivity index (χ3n) is 3.55. The molecule has 0 aromatic heterocycles. The zero-order valence-electron chi connectivity index (χ0n) is 13.2. The van der Waals surface area contributed by atoms with Crippen molar-refractivity contribution in [2.45, 2.75) is 33.3 Å². The average Bonchev–Trinajstić information content (AvgIpc) is 2.50. The van der Waals surface area contributed by atoms with E-state index in [0.29, 0.717) is 12.1 Å². The van der Waals surface area contributed by atoms with Crippen molar-refractivity contribution in [3.05, 3.63) is 53.6 Å². The highest BCUT2D eigenvalue weighted by Gasteiger charge is 2.19. The van der Waals surface area contributed by atoms with E-state index in [0.717, 1.165) is 22.6 Å². The van der Waals surface area contributed by atoms with Crippen LogP contribution in [-0.4, -0.2) is 12.0 Å². The van der Waals surface area contributed by atoms with Crippen molar-refractivity contribution in [3.8, 4) is 5.75 Å². The molecule has 0 spiro atoms. The van der Waals surface area contributed by atoms with Gasteiger partial charge in [-0.2, -0.15) is 0 Å². The van der Waals surface area contributed by atoms with E-state index in [-0.39, 0.29) is 5.91 Å². The van der Waals surface area contributed by atoms with Gasteiger partial charge >= 0.3 is 0 Å². The average molecular weight is 298 g/mol. The molecule has 2 rings (SSSR count). The largest absolute Gasteiger partial charge is 0.480 e. The lowest BCUT2D eigenvalue weighted by Crippen LogP contribution is -2.32. The fourth-order valence-corrected chi connectivity index (χ4v) is 2.15. The van der Waals surface area contributed by atoms with Crippen molar-refractivity contribution in [2.75, 3.05) is 11.1 Å². The number of rotatable bonds is 5. The molecule has 0 aliphatic carbocycles. The molecule has 0 aliphatic heterocycles. The SMILES string of the molecule is CCC(Oc1ccccc1C)C(=O)Nc1cc(N)ccc1C. The number of hydrogen-bond acceptors (Lipinski definition) is 3. The Morgan fingerprint density at radius 1 is 1.18 bits per heavy atom. The topological polar surface area (TPSA) is 64.3 Å². The van der Waals surface area contributed by atoms with Crippen molar-refractivity contribution < 1.29 is 9.53 Å². The van der Waals surface area contributed by atoms with Gasteiger partial charge < -0.3 is 15.8 Å². The van der Waals surface area contributed by atoms with Crippen LogP contribution in [0.25, 0.3) is 0 Å². The normalized spacial score (nSPS) is 11.8. The number of para-hydroxylation sites is 1. The summed E-state index contributed by atoms with van der Waals surface area (Å²) in [7, 11) is 0. The van der Waals surface area contributed by atoms with E-state index in [1.807, 2.05) is 57.2 Å². The molecule has 2 aromatic carbocycles. The zero-order valence-corrected chi connectivity index (χ0v) is 13.2. The summed E-state index contributed by atoms with van der Waals surface area (Å²) in [4.78, 5) is 12.4. The summed E-state index contributed by atoms with van der Waals surface area (Å²) in [6.45, 7) is 5.81. The van der Waals surface area contributed by atoms with Crippen molar-refractivity contribution in [3.63, 3.8) is 0 Å². The van der Waals surface area contributed by atoms with E-state index in [1.165, 1.54) is 0 Å². The number of nitrogens with one attached hydrogen (secondary N) is 1. The second kappa shape index (κ2) is 6.98. The van der Waals surface area contributed by atoms with Gasteiger partial charge in [-0.05, 0) is 49.6 Å². The molecule has 1 unspecified atom stereocenters. The molecule has 0 bridgehead atoms. The van der Waals surface area contributed by atoms with Gasteiger partial charge in [-0.1, -0.05) is 31.2 Å². The Balaban J connectivity index is 2.12. The summed E-state index contributed by atoms with van der Waals surface area (Å²) in [5.74, 6) is 0.563. The smallest absolute Gasteiger partial charge is 0.265 e. The maximum absolute atomic E-state index is 12.4. The van der Waals surface area contributed by atoms with Gasteiger partial charge in [-0.25, -0.2) is 0 Å². The van der Waals surface area contributed by atoms with Crippen LogP contribution in [0.15, 0.2) is 42.5 Å². The first-order chi connectivity index (χ1) is 10.5. The number of carbonyl (C=O) groups is 1. The van der Waals surface area contributed by atoms with E-state index in [2.05, 4.69) is 5.32 Å². The van der Waals surface area contributed by atoms with E-state index in [4.69, 9.17) is 10.5 Å². The Bertz CT molecular complexity index is 668. The highest BCUT2D eigenvalue weighted by atomic mass is 16.5. The van der Waals surface area contributed by atoms with Crippen LogP contribution >= 0.6 is 0 Å². The molecule has 0 radical (unpaired) electrons. The minimum Gasteiger partial charge on any atom is -0.480 e. The first-order valence-electron chi connectivity index (χ1n) is 7.40. The first kappa shape index (κ1) is 15.9. The van der Waals surface area contributed by atoms with Crippen molar-refractivity contribution in [1.29, 1.82) is 0 Å². The fourth-order valence-electron chi connectivity index (χ4n) is 2.15. The van der Waals surface area contributed by atoms with E-state index < -0.39 is 6.10 Å². The Morgan fingerprint density at radius 3 is 2.59 bits per heavy atom. The summed E-state index contributed by atoms with van der Waals surface area (Å²) in [6, 6.07) is 13.1. The molecule has 4 nitrogen and oxygen atoms in total. The van der Waals surface area contributed by atoms with Crippen LogP contribution in [0, 0.1) is 13.8 Å². The Morgan fingerprint density at radius 2 is 1.91 bits per heavy atom. The monoisotopic (exact) mass is 298 g/mol. The third-order valence-corrected chi connectivity index (χ3v) is 3.55. The number of benzene rings is 2. The minimum absolute atomic E-state index is 0.167. The minimum atomic E-state index is -0.540. The Labute approximate surface area is 131 Å². The van der Waals surface area contributed by atoms with Crippen LogP contribution < -0.4 is 15.8 Å². The van der Waals surface area contributed by atoms with E-state index in [9.17, 15) is 4.79 Å². The van der Waals surface area contributed by atoms with Gasteiger partial charge in [-0.3, -0.25) is 4.79 Å². The van der Waals surface area contributed by atoms with Gasteiger partial charge in [0.15, 0.2) is 6.10 Å². The molecule has 4 heteroatoms. The number of nitrogens with two attached hydrogens (primary N) is 1. The highest BCUT2D eigenvalue weighted by molar-refractivity contribution is 5.95. The molecule has 22 heavy (non-hydrogen) atoms. The fraction of sp³-hybridized carbons (Fsp3) is 0.278. The summed E-state index contributed by atoms with van der Waals surface area (Å²) < 4.78 is 5.86. The third kappa shape index (κ3) is 3.79. The quantitative estimate of drug-likeness (QED) is 0.828. The first-order valence-corrected chi connectivity index (χ1v) is 7.40. The molecule has 0 aliphatic rings. The lowest BCUT2D eigenvalue weighted by molar-refractivity contribution is -0.122. The van der Waals surface area contributed by atoms with Crippen LogP contribution in [0.5, 0.6) is 5.75 Å². The number of ether oxygens (including phenoxy) is 1. The summed E-state index contributed by atoms with van der Waals surface area (Å²) in [5.41, 5.74) is 9.09. The van der Waals surface area contributed by atoms with Crippen LogP contribution in [0.2, 0.25) is 0 Å². The molecular formula is C18H22N2O2. The van der Waals surface area contributed by atoms with Crippen LogP contribution in [0.1, 0.15) is 24.5 Å².